The molecule has 2 fully saturated rings. The van der Waals surface area contributed by atoms with Crippen molar-refractivity contribution in [3.8, 4) is 0 Å². The summed E-state index contributed by atoms with van der Waals surface area (Å²) in [4.78, 5) is 12.0. The third-order valence-electron chi connectivity index (χ3n) is 4.17. The fourth-order valence-corrected chi connectivity index (χ4v) is 2.96. The highest BCUT2D eigenvalue weighted by atomic mass is 16.5. The summed E-state index contributed by atoms with van der Waals surface area (Å²) in [7, 11) is 0. The number of hydrogen-bond acceptors (Lipinski definition) is 3. The van der Waals surface area contributed by atoms with Crippen molar-refractivity contribution in [2.45, 2.75) is 45.1 Å². The number of piperidine rings is 1. The van der Waals surface area contributed by atoms with E-state index < -0.39 is 0 Å². The lowest BCUT2D eigenvalue weighted by Gasteiger charge is -2.29. The Morgan fingerprint density at radius 3 is 3.00 bits per heavy atom. The van der Waals surface area contributed by atoms with Gasteiger partial charge < -0.3 is 15.4 Å². The molecule has 0 aliphatic carbocycles. The van der Waals surface area contributed by atoms with E-state index in [1.807, 2.05) is 0 Å². The van der Waals surface area contributed by atoms with Crippen LogP contribution in [0.2, 0.25) is 0 Å². The summed E-state index contributed by atoms with van der Waals surface area (Å²) >= 11 is 0. The largest absolute Gasteiger partial charge is 0.379 e. The Labute approximate surface area is 110 Å². The van der Waals surface area contributed by atoms with Crippen LogP contribution in [0.1, 0.15) is 39.0 Å². The van der Waals surface area contributed by atoms with Crippen LogP contribution in [0.25, 0.3) is 0 Å². The number of hydrogen-bond donors (Lipinski definition) is 2. The van der Waals surface area contributed by atoms with Gasteiger partial charge in [-0.3, -0.25) is 4.79 Å². The Balaban J connectivity index is 1.68. The highest BCUT2D eigenvalue weighted by Crippen LogP contribution is 2.22. The molecular formula is C14H26N2O2. The normalized spacial score (nSPS) is 30.7. The number of carbonyl (C=O) groups is 1. The molecule has 0 aromatic carbocycles. The minimum Gasteiger partial charge on any atom is -0.379 e. The van der Waals surface area contributed by atoms with Gasteiger partial charge in [-0.05, 0) is 50.6 Å². The number of amides is 1. The van der Waals surface area contributed by atoms with Crippen molar-refractivity contribution in [1.29, 1.82) is 0 Å². The number of carbonyl (C=O) groups excluding carboxylic acids is 1. The van der Waals surface area contributed by atoms with Crippen molar-refractivity contribution < 1.29 is 9.53 Å². The summed E-state index contributed by atoms with van der Waals surface area (Å²) in [6.45, 7) is 5.94. The first-order chi connectivity index (χ1) is 8.75. The highest BCUT2D eigenvalue weighted by molar-refractivity contribution is 5.76. The summed E-state index contributed by atoms with van der Waals surface area (Å²) in [5.41, 5.74) is 0. The average Bonchev–Trinajstić information content (AvgIpc) is 2.40. The van der Waals surface area contributed by atoms with Gasteiger partial charge in [-0.1, -0.05) is 6.92 Å². The van der Waals surface area contributed by atoms with Gasteiger partial charge in [-0.25, -0.2) is 0 Å². The molecule has 2 aliphatic heterocycles. The molecule has 2 N–H and O–H groups in total. The van der Waals surface area contributed by atoms with E-state index in [0.29, 0.717) is 24.9 Å². The van der Waals surface area contributed by atoms with E-state index in [0.717, 1.165) is 32.5 Å². The SMILES string of the molecule is CC(CC(=O)NC1CCCOC1)C1CCCNC1. The first-order valence-corrected chi connectivity index (χ1v) is 7.33. The smallest absolute Gasteiger partial charge is 0.220 e. The molecule has 3 atom stereocenters. The third-order valence-corrected chi connectivity index (χ3v) is 4.17. The third kappa shape index (κ3) is 4.25. The van der Waals surface area contributed by atoms with Crippen LogP contribution in [0.4, 0.5) is 0 Å². The van der Waals surface area contributed by atoms with Crippen LogP contribution in [-0.4, -0.2) is 38.3 Å². The van der Waals surface area contributed by atoms with Gasteiger partial charge in [0.2, 0.25) is 5.91 Å². The lowest BCUT2D eigenvalue weighted by molar-refractivity contribution is -0.124. The summed E-state index contributed by atoms with van der Waals surface area (Å²) < 4.78 is 5.38. The lowest BCUT2D eigenvalue weighted by Crippen LogP contribution is -2.42. The van der Waals surface area contributed by atoms with E-state index in [9.17, 15) is 4.79 Å². The molecule has 3 unspecified atom stereocenters. The molecule has 1 amide bonds. The fourth-order valence-electron chi connectivity index (χ4n) is 2.96. The van der Waals surface area contributed by atoms with Crippen LogP contribution in [0.3, 0.4) is 0 Å². The van der Waals surface area contributed by atoms with Crippen molar-refractivity contribution >= 4 is 5.91 Å². The quantitative estimate of drug-likeness (QED) is 0.795. The molecule has 0 saturated carbocycles. The first kappa shape index (κ1) is 13.8. The van der Waals surface area contributed by atoms with E-state index in [1.165, 1.54) is 12.8 Å². The molecule has 2 aliphatic rings. The topological polar surface area (TPSA) is 50.4 Å². The van der Waals surface area contributed by atoms with E-state index >= 15 is 0 Å². The van der Waals surface area contributed by atoms with Gasteiger partial charge in [0, 0.05) is 13.0 Å². The number of ether oxygens (including phenoxy) is 1. The molecule has 0 bridgehead atoms. The zero-order valence-electron chi connectivity index (χ0n) is 11.4. The first-order valence-electron chi connectivity index (χ1n) is 7.33. The second-order valence-electron chi connectivity index (χ2n) is 5.77. The van der Waals surface area contributed by atoms with E-state index in [2.05, 4.69) is 17.6 Å². The molecule has 104 valence electrons. The van der Waals surface area contributed by atoms with Crippen LogP contribution in [0, 0.1) is 11.8 Å². The molecule has 2 saturated heterocycles. The monoisotopic (exact) mass is 254 g/mol. The number of nitrogens with one attached hydrogen (secondary N) is 2. The van der Waals surface area contributed by atoms with Crippen LogP contribution in [0.15, 0.2) is 0 Å². The van der Waals surface area contributed by atoms with E-state index in [-0.39, 0.29) is 11.9 Å². The Kier molecular flexibility index (Phi) is 5.45. The van der Waals surface area contributed by atoms with Crippen molar-refractivity contribution in [2.24, 2.45) is 11.8 Å². The summed E-state index contributed by atoms with van der Waals surface area (Å²) in [6.07, 6.45) is 5.28. The maximum Gasteiger partial charge on any atom is 0.220 e. The zero-order chi connectivity index (χ0) is 12.8. The van der Waals surface area contributed by atoms with Crippen LogP contribution >= 0.6 is 0 Å². The minimum atomic E-state index is 0.198. The summed E-state index contributed by atoms with van der Waals surface area (Å²) in [6, 6.07) is 0.239. The maximum absolute atomic E-state index is 12.0. The Morgan fingerprint density at radius 2 is 2.33 bits per heavy atom. The van der Waals surface area contributed by atoms with Gasteiger partial charge >= 0.3 is 0 Å². The van der Waals surface area contributed by atoms with E-state index in [4.69, 9.17) is 4.74 Å². The molecule has 4 nitrogen and oxygen atoms in total. The molecule has 18 heavy (non-hydrogen) atoms. The van der Waals surface area contributed by atoms with Crippen molar-refractivity contribution in [3.63, 3.8) is 0 Å². The predicted octanol–water partition coefficient (Wildman–Crippen LogP) is 1.31. The fraction of sp³-hybridized carbons (Fsp3) is 0.929. The van der Waals surface area contributed by atoms with Crippen LogP contribution < -0.4 is 10.6 Å². The van der Waals surface area contributed by atoms with Crippen molar-refractivity contribution in [3.05, 3.63) is 0 Å². The molecule has 2 heterocycles. The minimum absolute atomic E-state index is 0.198. The van der Waals surface area contributed by atoms with E-state index in [1.54, 1.807) is 0 Å². The summed E-state index contributed by atoms with van der Waals surface area (Å²) in [5.74, 6) is 1.33. The average molecular weight is 254 g/mol. The Morgan fingerprint density at radius 1 is 1.44 bits per heavy atom. The maximum atomic E-state index is 12.0. The van der Waals surface area contributed by atoms with Gasteiger partial charge in [0.1, 0.15) is 0 Å². The van der Waals surface area contributed by atoms with Gasteiger partial charge in [0.05, 0.1) is 12.6 Å². The van der Waals surface area contributed by atoms with Crippen LogP contribution in [-0.2, 0) is 9.53 Å². The lowest BCUT2D eigenvalue weighted by atomic mass is 9.85. The molecule has 0 spiro atoms. The molecule has 0 aromatic heterocycles. The molecular weight excluding hydrogens is 228 g/mol. The molecule has 0 radical (unpaired) electrons. The Bertz CT molecular complexity index is 259. The van der Waals surface area contributed by atoms with Gasteiger partial charge in [-0.2, -0.15) is 0 Å². The molecule has 2 rings (SSSR count). The molecule has 0 aromatic rings. The summed E-state index contributed by atoms with van der Waals surface area (Å²) in [5, 5.41) is 6.52. The van der Waals surface area contributed by atoms with Gasteiger partial charge in [0.15, 0.2) is 0 Å². The van der Waals surface area contributed by atoms with Crippen LogP contribution in [0.5, 0.6) is 0 Å². The van der Waals surface area contributed by atoms with Gasteiger partial charge in [0.25, 0.3) is 0 Å². The van der Waals surface area contributed by atoms with Crippen molar-refractivity contribution in [1.82, 2.24) is 10.6 Å². The van der Waals surface area contributed by atoms with Gasteiger partial charge in [-0.15, -0.1) is 0 Å². The standard InChI is InChI=1S/C14H26N2O2/c1-11(12-4-2-6-15-9-12)8-14(17)16-13-5-3-7-18-10-13/h11-13,15H,2-10H2,1H3,(H,16,17). The second kappa shape index (κ2) is 7.10. The number of rotatable bonds is 4. The van der Waals surface area contributed by atoms with Crippen molar-refractivity contribution in [2.75, 3.05) is 26.3 Å². The molecule has 4 heteroatoms. The highest BCUT2D eigenvalue weighted by Gasteiger charge is 2.23. The predicted molar refractivity (Wildman–Crippen MR) is 71.4 cm³/mol. The second-order valence-corrected chi connectivity index (χ2v) is 5.77. The zero-order valence-corrected chi connectivity index (χ0v) is 11.4. The Hall–Kier alpha value is -0.610.